The van der Waals surface area contributed by atoms with Crippen LogP contribution in [0.1, 0.15) is 17.5 Å². The molecule has 0 amide bonds. The van der Waals surface area contributed by atoms with E-state index >= 15 is 0 Å². The first-order valence-corrected chi connectivity index (χ1v) is 4.69. The second-order valence-corrected chi connectivity index (χ2v) is 3.17. The lowest BCUT2D eigenvalue weighted by Crippen LogP contribution is -1.94. The molecule has 0 saturated heterocycles. The Kier molecular flexibility index (Phi) is 3.66. The molecule has 0 aliphatic rings. The molecule has 2 nitrogen and oxygen atoms in total. The van der Waals surface area contributed by atoms with Crippen LogP contribution in [0.15, 0.2) is 12.3 Å². The number of aryl methyl sites for hydroxylation is 1. The lowest BCUT2D eigenvalue weighted by Gasteiger charge is -1.97. The zero-order chi connectivity index (χ0) is 9.68. The van der Waals surface area contributed by atoms with Crippen molar-refractivity contribution in [2.24, 2.45) is 0 Å². The van der Waals surface area contributed by atoms with Crippen LogP contribution in [-0.2, 0) is 0 Å². The summed E-state index contributed by atoms with van der Waals surface area (Å²) in [6.45, 7) is 1.97. The van der Waals surface area contributed by atoms with Crippen molar-refractivity contribution < 1.29 is 0 Å². The van der Waals surface area contributed by atoms with E-state index in [4.69, 9.17) is 5.73 Å². The number of nitrogen functional groups attached to an aromatic ring is 1. The van der Waals surface area contributed by atoms with Crippen molar-refractivity contribution in [3.05, 3.63) is 23.4 Å². The third-order valence-corrected chi connectivity index (χ3v) is 1.74. The summed E-state index contributed by atoms with van der Waals surface area (Å²) < 4.78 is 0. The van der Waals surface area contributed by atoms with Gasteiger partial charge in [-0.2, -0.15) is 12.6 Å². The molecule has 0 radical (unpaired) electrons. The number of hydrogen-bond donors (Lipinski definition) is 2. The van der Waals surface area contributed by atoms with Gasteiger partial charge in [0.2, 0.25) is 0 Å². The van der Waals surface area contributed by atoms with Crippen LogP contribution in [0.5, 0.6) is 0 Å². The SMILES string of the molecule is Cc1cnc(N)c(C#CCCS)c1. The number of pyridine rings is 1. The van der Waals surface area contributed by atoms with Gasteiger partial charge in [-0.05, 0) is 18.6 Å². The fourth-order valence-electron chi connectivity index (χ4n) is 0.894. The van der Waals surface area contributed by atoms with Crippen molar-refractivity contribution >= 4 is 18.4 Å². The van der Waals surface area contributed by atoms with Crippen molar-refractivity contribution in [2.45, 2.75) is 13.3 Å². The molecule has 1 aromatic rings. The first-order chi connectivity index (χ1) is 6.24. The maximum absolute atomic E-state index is 5.64. The summed E-state index contributed by atoms with van der Waals surface area (Å²) in [7, 11) is 0. The molecule has 0 spiro atoms. The van der Waals surface area contributed by atoms with Gasteiger partial charge in [-0.15, -0.1) is 0 Å². The second kappa shape index (κ2) is 4.78. The molecule has 0 unspecified atom stereocenters. The Morgan fingerprint density at radius 3 is 3.08 bits per heavy atom. The summed E-state index contributed by atoms with van der Waals surface area (Å²) in [5.41, 5.74) is 7.52. The fourth-order valence-corrected chi connectivity index (χ4v) is 1.01. The third kappa shape index (κ3) is 3.00. The van der Waals surface area contributed by atoms with E-state index in [1.165, 1.54) is 0 Å². The Morgan fingerprint density at radius 2 is 2.38 bits per heavy atom. The predicted molar refractivity (Wildman–Crippen MR) is 58.7 cm³/mol. The Labute approximate surface area is 84.0 Å². The number of thiol groups is 1. The molecule has 0 fully saturated rings. The first-order valence-electron chi connectivity index (χ1n) is 4.06. The molecule has 3 heteroatoms. The molecular formula is C10H12N2S. The van der Waals surface area contributed by atoms with Gasteiger partial charge in [-0.25, -0.2) is 4.98 Å². The summed E-state index contributed by atoms with van der Waals surface area (Å²) in [6.07, 6.45) is 2.51. The molecule has 2 N–H and O–H groups in total. The molecule has 0 aliphatic carbocycles. The number of nitrogens with zero attached hydrogens (tertiary/aromatic N) is 1. The van der Waals surface area contributed by atoms with Crippen molar-refractivity contribution in [3.8, 4) is 11.8 Å². The van der Waals surface area contributed by atoms with Crippen LogP contribution in [-0.4, -0.2) is 10.7 Å². The molecule has 1 rings (SSSR count). The average molecular weight is 192 g/mol. The predicted octanol–water partition coefficient (Wildman–Crippen LogP) is 1.64. The van der Waals surface area contributed by atoms with Gasteiger partial charge in [0, 0.05) is 18.4 Å². The minimum atomic E-state index is 0.497. The summed E-state index contributed by atoms with van der Waals surface area (Å²) in [5, 5.41) is 0. The van der Waals surface area contributed by atoms with Gasteiger partial charge in [-0.3, -0.25) is 0 Å². The first kappa shape index (κ1) is 9.94. The van der Waals surface area contributed by atoms with Gasteiger partial charge < -0.3 is 5.73 Å². The van der Waals surface area contributed by atoms with Crippen molar-refractivity contribution in [1.29, 1.82) is 0 Å². The minimum absolute atomic E-state index is 0.497. The van der Waals surface area contributed by atoms with Gasteiger partial charge in [0.05, 0.1) is 5.56 Å². The molecule has 68 valence electrons. The van der Waals surface area contributed by atoms with E-state index in [0.717, 1.165) is 23.3 Å². The van der Waals surface area contributed by atoms with Crippen LogP contribution in [0, 0.1) is 18.8 Å². The van der Waals surface area contributed by atoms with E-state index < -0.39 is 0 Å². The number of aromatic nitrogens is 1. The van der Waals surface area contributed by atoms with Crippen LogP contribution in [0.25, 0.3) is 0 Å². The van der Waals surface area contributed by atoms with Gasteiger partial charge >= 0.3 is 0 Å². The molecule has 0 atom stereocenters. The van der Waals surface area contributed by atoms with Gasteiger partial charge in [0.1, 0.15) is 5.82 Å². The molecular weight excluding hydrogens is 180 g/mol. The smallest absolute Gasteiger partial charge is 0.139 e. The summed E-state index contributed by atoms with van der Waals surface area (Å²) in [6, 6.07) is 1.94. The second-order valence-electron chi connectivity index (χ2n) is 2.72. The van der Waals surface area contributed by atoms with Crippen molar-refractivity contribution in [3.63, 3.8) is 0 Å². The molecule has 13 heavy (non-hydrogen) atoms. The summed E-state index contributed by atoms with van der Waals surface area (Å²) in [5.74, 6) is 7.21. The van der Waals surface area contributed by atoms with E-state index in [1.807, 2.05) is 13.0 Å². The fraction of sp³-hybridized carbons (Fsp3) is 0.300. The van der Waals surface area contributed by atoms with Gasteiger partial charge in [0.15, 0.2) is 0 Å². The normalized spacial score (nSPS) is 9.08. The van der Waals surface area contributed by atoms with E-state index in [-0.39, 0.29) is 0 Å². The zero-order valence-corrected chi connectivity index (χ0v) is 8.44. The number of hydrogen-bond acceptors (Lipinski definition) is 3. The maximum Gasteiger partial charge on any atom is 0.139 e. The third-order valence-electron chi connectivity index (χ3n) is 1.52. The Hall–Kier alpha value is -1.14. The Bertz CT molecular complexity index is 350. The van der Waals surface area contributed by atoms with Crippen LogP contribution >= 0.6 is 12.6 Å². The zero-order valence-electron chi connectivity index (χ0n) is 7.54. The highest BCUT2D eigenvalue weighted by atomic mass is 32.1. The lowest BCUT2D eigenvalue weighted by molar-refractivity contribution is 1.26. The molecule has 0 saturated carbocycles. The molecule has 1 heterocycles. The highest BCUT2D eigenvalue weighted by Crippen LogP contribution is 2.08. The molecule has 0 aromatic carbocycles. The molecule has 1 aromatic heterocycles. The molecule has 0 bridgehead atoms. The lowest BCUT2D eigenvalue weighted by atomic mass is 10.2. The van der Waals surface area contributed by atoms with E-state index in [0.29, 0.717) is 5.82 Å². The summed E-state index contributed by atoms with van der Waals surface area (Å²) >= 11 is 4.06. The number of anilines is 1. The number of rotatable bonds is 1. The van der Waals surface area contributed by atoms with Crippen molar-refractivity contribution in [2.75, 3.05) is 11.5 Å². The Morgan fingerprint density at radius 1 is 1.62 bits per heavy atom. The van der Waals surface area contributed by atoms with Crippen LogP contribution in [0.3, 0.4) is 0 Å². The molecule has 0 aliphatic heterocycles. The summed E-state index contributed by atoms with van der Waals surface area (Å²) in [4.78, 5) is 4.01. The van der Waals surface area contributed by atoms with E-state index in [9.17, 15) is 0 Å². The number of nitrogens with two attached hydrogens (primary N) is 1. The van der Waals surface area contributed by atoms with Gasteiger partial charge in [-0.1, -0.05) is 11.8 Å². The Balaban J connectivity index is 2.89. The van der Waals surface area contributed by atoms with Crippen LogP contribution < -0.4 is 5.73 Å². The van der Waals surface area contributed by atoms with Crippen molar-refractivity contribution in [1.82, 2.24) is 4.98 Å². The minimum Gasteiger partial charge on any atom is -0.383 e. The largest absolute Gasteiger partial charge is 0.383 e. The monoisotopic (exact) mass is 192 g/mol. The van der Waals surface area contributed by atoms with E-state index in [2.05, 4.69) is 29.5 Å². The topological polar surface area (TPSA) is 38.9 Å². The van der Waals surface area contributed by atoms with Crippen LogP contribution in [0.4, 0.5) is 5.82 Å². The standard InChI is InChI=1S/C10H12N2S/c1-8-6-9(4-2-3-5-13)10(11)12-7-8/h6-7,13H,3,5H2,1H3,(H2,11,12). The highest BCUT2D eigenvalue weighted by Gasteiger charge is 1.95. The van der Waals surface area contributed by atoms with Gasteiger partial charge in [0.25, 0.3) is 0 Å². The van der Waals surface area contributed by atoms with Crippen LogP contribution in [0.2, 0.25) is 0 Å². The quantitative estimate of drug-likeness (QED) is 0.524. The highest BCUT2D eigenvalue weighted by molar-refractivity contribution is 7.80. The van der Waals surface area contributed by atoms with E-state index in [1.54, 1.807) is 6.20 Å². The average Bonchev–Trinajstić information content (AvgIpc) is 2.11. The maximum atomic E-state index is 5.64.